The molecule has 1 rings (SSSR count). The summed E-state index contributed by atoms with van der Waals surface area (Å²) in [4.78, 5) is 12.4. The molecule has 0 fully saturated rings. The van der Waals surface area contributed by atoms with E-state index >= 15 is 0 Å². The maximum atomic E-state index is 12.7. The molecular weight excluding hydrogens is 190 g/mol. The summed E-state index contributed by atoms with van der Waals surface area (Å²) in [6, 6.07) is 2.40. The van der Waals surface area contributed by atoms with Crippen LogP contribution in [-0.4, -0.2) is 25.0 Å². The quantitative estimate of drug-likeness (QED) is 0.739. The molecule has 0 spiro atoms. The molecule has 3 nitrogen and oxygen atoms in total. The van der Waals surface area contributed by atoms with Gasteiger partial charge in [0.25, 0.3) is 0 Å². The first-order valence-electron chi connectivity index (χ1n) is 3.93. The largest absolute Gasteiger partial charge is 0.331 e. The van der Waals surface area contributed by atoms with Gasteiger partial charge in [0.15, 0.2) is 0 Å². The van der Waals surface area contributed by atoms with Crippen molar-refractivity contribution in [1.29, 1.82) is 0 Å². The van der Waals surface area contributed by atoms with Crippen molar-refractivity contribution in [2.45, 2.75) is 0 Å². The van der Waals surface area contributed by atoms with Crippen molar-refractivity contribution in [3.05, 3.63) is 29.8 Å². The van der Waals surface area contributed by atoms with Gasteiger partial charge < -0.3 is 10.2 Å². The lowest BCUT2D eigenvalue weighted by Crippen LogP contribution is -2.27. The fraction of sp³-hybridized carbons (Fsp3) is 0.222. The normalized spacial score (nSPS) is 9.71. The number of hydrogen-bond acceptors (Lipinski definition) is 1. The van der Waals surface area contributed by atoms with Crippen molar-refractivity contribution >= 4 is 11.7 Å². The number of anilines is 1. The lowest BCUT2D eigenvalue weighted by atomic mass is 10.3. The number of urea groups is 1. The monoisotopic (exact) mass is 200 g/mol. The van der Waals surface area contributed by atoms with Crippen molar-refractivity contribution in [3.63, 3.8) is 0 Å². The Morgan fingerprint density at radius 1 is 1.21 bits per heavy atom. The highest BCUT2D eigenvalue weighted by atomic mass is 19.1. The highest BCUT2D eigenvalue weighted by molar-refractivity contribution is 5.88. The highest BCUT2D eigenvalue weighted by Crippen LogP contribution is 2.12. The van der Waals surface area contributed by atoms with Gasteiger partial charge in [0.2, 0.25) is 0 Å². The Morgan fingerprint density at radius 2 is 1.71 bits per heavy atom. The van der Waals surface area contributed by atoms with Gasteiger partial charge in [-0.25, -0.2) is 13.6 Å². The lowest BCUT2D eigenvalue weighted by molar-refractivity contribution is 0.230. The van der Waals surface area contributed by atoms with Gasteiger partial charge in [-0.1, -0.05) is 0 Å². The SMILES string of the molecule is CN(C)C(=O)Nc1cc(F)cc(F)c1. The molecule has 0 unspecified atom stereocenters. The molecule has 1 aromatic rings. The zero-order chi connectivity index (χ0) is 10.7. The molecule has 0 aliphatic heterocycles. The molecule has 76 valence electrons. The molecule has 0 aromatic heterocycles. The Kier molecular flexibility index (Phi) is 3.01. The van der Waals surface area contributed by atoms with Crippen molar-refractivity contribution in [3.8, 4) is 0 Å². The molecule has 0 aliphatic carbocycles. The van der Waals surface area contributed by atoms with Gasteiger partial charge in [0, 0.05) is 25.8 Å². The van der Waals surface area contributed by atoms with Gasteiger partial charge >= 0.3 is 6.03 Å². The summed E-state index contributed by atoms with van der Waals surface area (Å²) in [5.41, 5.74) is 0.0983. The third-order valence-corrected chi connectivity index (χ3v) is 1.52. The second-order valence-corrected chi connectivity index (χ2v) is 2.98. The Labute approximate surface area is 80.3 Å². The second kappa shape index (κ2) is 4.04. The third kappa shape index (κ3) is 2.69. The van der Waals surface area contributed by atoms with Crippen LogP contribution in [-0.2, 0) is 0 Å². The topological polar surface area (TPSA) is 32.3 Å². The van der Waals surface area contributed by atoms with Crippen LogP contribution in [0.5, 0.6) is 0 Å². The maximum absolute atomic E-state index is 12.7. The summed E-state index contributed by atoms with van der Waals surface area (Å²) in [5, 5.41) is 2.33. The van der Waals surface area contributed by atoms with Crippen molar-refractivity contribution in [2.24, 2.45) is 0 Å². The van der Waals surface area contributed by atoms with Crippen LogP contribution in [0.4, 0.5) is 19.3 Å². The average molecular weight is 200 g/mol. The summed E-state index contributed by atoms with van der Waals surface area (Å²) in [6.45, 7) is 0. The molecule has 2 amide bonds. The smallest absolute Gasteiger partial charge is 0.321 e. The fourth-order valence-corrected chi connectivity index (χ4v) is 0.861. The number of hydrogen-bond donors (Lipinski definition) is 1. The maximum Gasteiger partial charge on any atom is 0.321 e. The van der Waals surface area contributed by atoms with Crippen molar-refractivity contribution in [2.75, 3.05) is 19.4 Å². The van der Waals surface area contributed by atoms with Gasteiger partial charge in [0.1, 0.15) is 11.6 Å². The number of nitrogens with one attached hydrogen (secondary N) is 1. The predicted molar refractivity (Wildman–Crippen MR) is 49.1 cm³/mol. The number of amides is 2. The lowest BCUT2D eigenvalue weighted by Gasteiger charge is -2.11. The Hall–Kier alpha value is -1.65. The van der Waals surface area contributed by atoms with E-state index in [1.807, 2.05) is 0 Å². The molecule has 0 radical (unpaired) electrons. The minimum absolute atomic E-state index is 0.0983. The number of nitrogens with zero attached hydrogens (tertiary/aromatic N) is 1. The third-order valence-electron chi connectivity index (χ3n) is 1.52. The minimum atomic E-state index is -0.723. The first-order chi connectivity index (χ1) is 6.49. The minimum Gasteiger partial charge on any atom is -0.331 e. The van der Waals surface area contributed by atoms with E-state index in [2.05, 4.69) is 5.32 Å². The predicted octanol–water partition coefficient (Wildman–Crippen LogP) is 2.06. The van der Waals surface area contributed by atoms with E-state index in [0.717, 1.165) is 18.2 Å². The number of carbonyl (C=O) groups excluding carboxylic acids is 1. The number of rotatable bonds is 1. The standard InChI is InChI=1S/C9H10F2N2O/c1-13(2)9(14)12-8-4-6(10)3-7(11)5-8/h3-5H,1-2H3,(H,12,14). The average Bonchev–Trinajstić information content (AvgIpc) is 2.01. The van der Waals surface area contributed by atoms with Crippen LogP contribution < -0.4 is 5.32 Å². The van der Waals surface area contributed by atoms with Crippen LogP contribution in [0.3, 0.4) is 0 Å². The Balaban J connectivity index is 2.82. The molecule has 1 N–H and O–H groups in total. The van der Waals surface area contributed by atoms with E-state index in [4.69, 9.17) is 0 Å². The van der Waals surface area contributed by atoms with E-state index in [9.17, 15) is 13.6 Å². The molecule has 0 saturated carbocycles. The molecule has 0 saturated heterocycles. The van der Waals surface area contributed by atoms with Crippen LogP contribution in [0.25, 0.3) is 0 Å². The summed E-state index contributed by atoms with van der Waals surface area (Å²) >= 11 is 0. The van der Waals surface area contributed by atoms with E-state index < -0.39 is 17.7 Å². The van der Waals surface area contributed by atoms with Gasteiger partial charge in [0.05, 0.1) is 0 Å². The number of carbonyl (C=O) groups is 1. The highest BCUT2D eigenvalue weighted by Gasteiger charge is 2.05. The number of halogens is 2. The summed E-state index contributed by atoms with van der Waals surface area (Å²) in [6.07, 6.45) is 0. The molecule has 1 aromatic carbocycles. The van der Waals surface area contributed by atoms with Crippen LogP contribution in [0.1, 0.15) is 0 Å². The zero-order valence-corrected chi connectivity index (χ0v) is 7.84. The zero-order valence-electron chi connectivity index (χ0n) is 7.84. The van der Waals surface area contributed by atoms with Crippen LogP contribution in [0.2, 0.25) is 0 Å². The fourth-order valence-electron chi connectivity index (χ4n) is 0.861. The molecule has 0 heterocycles. The first-order valence-corrected chi connectivity index (χ1v) is 3.93. The number of benzene rings is 1. The van der Waals surface area contributed by atoms with Crippen LogP contribution >= 0.6 is 0 Å². The van der Waals surface area contributed by atoms with Crippen molar-refractivity contribution in [1.82, 2.24) is 4.90 Å². The van der Waals surface area contributed by atoms with Crippen LogP contribution in [0.15, 0.2) is 18.2 Å². The van der Waals surface area contributed by atoms with E-state index in [1.165, 1.54) is 19.0 Å². The van der Waals surface area contributed by atoms with Gasteiger partial charge in [-0.15, -0.1) is 0 Å². The van der Waals surface area contributed by atoms with Gasteiger partial charge in [-0.05, 0) is 12.1 Å². The first kappa shape index (κ1) is 10.4. The van der Waals surface area contributed by atoms with E-state index in [-0.39, 0.29) is 5.69 Å². The summed E-state index contributed by atoms with van der Waals surface area (Å²) < 4.78 is 25.3. The van der Waals surface area contributed by atoms with Crippen molar-refractivity contribution < 1.29 is 13.6 Å². The van der Waals surface area contributed by atoms with Gasteiger partial charge in [-0.3, -0.25) is 0 Å². The molecular formula is C9H10F2N2O. The molecule has 0 aliphatic rings. The van der Waals surface area contributed by atoms with Gasteiger partial charge in [-0.2, -0.15) is 0 Å². The Morgan fingerprint density at radius 3 is 2.14 bits per heavy atom. The molecule has 5 heteroatoms. The molecule has 0 bridgehead atoms. The van der Waals surface area contributed by atoms with Crippen LogP contribution in [0, 0.1) is 11.6 Å². The van der Waals surface area contributed by atoms with E-state index in [1.54, 1.807) is 0 Å². The van der Waals surface area contributed by atoms with E-state index in [0.29, 0.717) is 0 Å². The summed E-state index contributed by atoms with van der Waals surface area (Å²) in [5.74, 6) is -1.45. The second-order valence-electron chi connectivity index (χ2n) is 2.98. The molecule has 14 heavy (non-hydrogen) atoms. The summed E-state index contributed by atoms with van der Waals surface area (Å²) in [7, 11) is 3.07. The molecule has 0 atom stereocenters. The Bertz CT molecular complexity index is 332.